The number of amides is 1. The van der Waals surface area contributed by atoms with Crippen LogP contribution >= 0.6 is 0 Å². The van der Waals surface area contributed by atoms with Gasteiger partial charge >= 0.3 is 5.97 Å². The van der Waals surface area contributed by atoms with Crippen LogP contribution in [0.1, 0.15) is 16.1 Å². The van der Waals surface area contributed by atoms with E-state index in [2.05, 4.69) is 14.9 Å². The molecule has 1 unspecified atom stereocenters. The molecule has 1 aliphatic heterocycles. The average Bonchev–Trinajstić information content (AvgIpc) is 3.30. The van der Waals surface area contributed by atoms with Gasteiger partial charge in [0.05, 0.1) is 38.3 Å². The second kappa shape index (κ2) is 9.69. The third-order valence-electron chi connectivity index (χ3n) is 4.14. The highest BCUT2D eigenvalue weighted by Gasteiger charge is 2.30. The van der Waals surface area contributed by atoms with E-state index in [1.54, 1.807) is 17.0 Å². The Hall–Kier alpha value is -3.40. The Morgan fingerprint density at radius 1 is 1.34 bits per heavy atom. The van der Waals surface area contributed by atoms with Crippen molar-refractivity contribution in [2.24, 2.45) is 5.16 Å². The second-order valence-electron chi connectivity index (χ2n) is 6.06. The summed E-state index contributed by atoms with van der Waals surface area (Å²) >= 11 is 0. The molecule has 0 N–H and O–H groups in total. The SMILES string of the molecule is CO/N=C(/C(=O)N1CCOC(COc2cncc(C(=O)OC)c2)C1)c1ccco1. The summed E-state index contributed by atoms with van der Waals surface area (Å²) in [5.41, 5.74) is 0.360. The summed E-state index contributed by atoms with van der Waals surface area (Å²) in [4.78, 5) is 34.8. The number of rotatable bonds is 7. The third-order valence-corrected chi connectivity index (χ3v) is 4.14. The number of nitrogens with zero attached hydrogens (tertiary/aromatic N) is 3. The predicted molar refractivity (Wildman–Crippen MR) is 99.6 cm³/mol. The van der Waals surface area contributed by atoms with Gasteiger partial charge in [0.25, 0.3) is 5.91 Å². The third kappa shape index (κ3) is 5.11. The van der Waals surface area contributed by atoms with Crippen molar-refractivity contribution in [3.05, 3.63) is 48.2 Å². The van der Waals surface area contributed by atoms with E-state index < -0.39 is 5.97 Å². The summed E-state index contributed by atoms with van der Waals surface area (Å²) in [6.45, 7) is 1.22. The Morgan fingerprint density at radius 2 is 2.21 bits per heavy atom. The van der Waals surface area contributed by atoms with Crippen molar-refractivity contribution in [2.75, 3.05) is 40.5 Å². The Bertz CT molecular complexity index is 866. The van der Waals surface area contributed by atoms with Crippen LogP contribution in [0.15, 0.2) is 46.4 Å². The van der Waals surface area contributed by atoms with Crippen molar-refractivity contribution in [1.29, 1.82) is 0 Å². The zero-order chi connectivity index (χ0) is 20.6. The molecule has 0 bridgehead atoms. The fourth-order valence-corrected chi connectivity index (χ4v) is 2.76. The molecule has 2 aromatic heterocycles. The maximum absolute atomic E-state index is 12.9. The number of aromatic nitrogens is 1. The summed E-state index contributed by atoms with van der Waals surface area (Å²) in [6, 6.07) is 4.84. The zero-order valence-electron chi connectivity index (χ0n) is 16.1. The molecule has 0 saturated carbocycles. The van der Waals surface area contributed by atoms with Crippen molar-refractivity contribution in [2.45, 2.75) is 6.10 Å². The molecule has 1 amide bonds. The van der Waals surface area contributed by atoms with Gasteiger partial charge in [-0.15, -0.1) is 0 Å². The van der Waals surface area contributed by atoms with Crippen molar-refractivity contribution in [3.63, 3.8) is 0 Å². The molecule has 1 atom stereocenters. The summed E-state index contributed by atoms with van der Waals surface area (Å²) < 4.78 is 21.3. The van der Waals surface area contributed by atoms with E-state index in [1.165, 1.54) is 38.9 Å². The van der Waals surface area contributed by atoms with Crippen molar-refractivity contribution < 1.29 is 33.1 Å². The molecule has 3 heterocycles. The summed E-state index contributed by atoms with van der Waals surface area (Å²) in [6.07, 6.45) is 3.97. The van der Waals surface area contributed by atoms with Gasteiger partial charge in [-0.05, 0) is 18.2 Å². The van der Waals surface area contributed by atoms with Crippen LogP contribution in [0.4, 0.5) is 0 Å². The minimum Gasteiger partial charge on any atom is -0.489 e. The van der Waals surface area contributed by atoms with E-state index >= 15 is 0 Å². The highest BCUT2D eigenvalue weighted by molar-refractivity contribution is 6.44. The normalized spacial score (nSPS) is 17.0. The molecule has 0 aromatic carbocycles. The second-order valence-corrected chi connectivity index (χ2v) is 6.06. The molecule has 2 aromatic rings. The molecule has 0 aliphatic carbocycles. The van der Waals surface area contributed by atoms with Gasteiger partial charge in [-0.2, -0.15) is 0 Å². The van der Waals surface area contributed by atoms with E-state index in [4.69, 9.17) is 18.7 Å². The van der Waals surface area contributed by atoms with Crippen LogP contribution < -0.4 is 4.74 Å². The summed E-state index contributed by atoms with van der Waals surface area (Å²) in [5, 5.41) is 3.80. The molecular weight excluding hydrogens is 382 g/mol. The van der Waals surface area contributed by atoms with Crippen LogP contribution in [0, 0.1) is 0 Å². The number of ether oxygens (including phenoxy) is 3. The van der Waals surface area contributed by atoms with Gasteiger partial charge in [0.15, 0.2) is 5.76 Å². The lowest BCUT2D eigenvalue weighted by Gasteiger charge is -2.32. The lowest BCUT2D eigenvalue weighted by molar-refractivity contribution is -0.132. The number of carbonyl (C=O) groups is 2. The van der Waals surface area contributed by atoms with Gasteiger partial charge in [0.2, 0.25) is 5.71 Å². The van der Waals surface area contributed by atoms with Crippen LogP contribution in [-0.2, 0) is 19.1 Å². The molecule has 0 spiro atoms. The first-order valence-electron chi connectivity index (χ1n) is 8.84. The van der Waals surface area contributed by atoms with Crippen LogP contribution in [0.25, 0.3) is 0 Å². The standard InChI is InChI=1S/C19H21N3O7/c1-25-19(24)13-8-14(10-20-9-13)29-12-15-11-22(5-7-27-15)18(23)17(21-26-2)16-4-3-6-28-16/h3-4,6,8-10,15H,5,7,11-12H2,1-2H3/b21-17+. The number of carbonyl (C=O) groups excluding carboxylic acids is 2. The largest absolute Gasteiger partial charge is 0.489 e. The molecule has 154 valence electrons. The van der Waals surface area contributed by atoms with Crippen LogP contribution in [0.3, 0.4) is 0 Å². The summed E-state index contributed by atoms with van der Waals surface area (Å²) in [5.74, 6) is -0.111. The minimum absolute atomic E-state index is 0.0778. The first-order valence-corrected chi connectivity index (χ1v) is 8.84. The molecule has 10 nitrogen and oxygen atoms in total. The number of oxime groups is 1. The maximum Gasteiger partial charge on any atom is 0.339 e. The number of morpholine rings is 1. The molecule has 0 radical (unpaired) electrons. The van der Waals surface area contributed by atoms with E-state index in [-0.39, 0.29) is 29.9 Å². The van der Waals surface area contributed by atoms with Gasteiger partial charge in [-0.25, -0.2) is 4.79 Å². The average molecular weight is 403 g/mol. The number of esters is 1. The minimum atomic E-state index is -0.503. The quantitative estimate of drug-likeness (QED) is 0.384. The van der Waals surface area contributed by atoms with Crippen molar-refractivity contribution in [3.8, 4) is 5.75 Å². The molecule has 29 heavy (non-hydrogen) atoms. The monoisotopic (exact) mass is 403 g/mol. The Kier molecular flexibility index (Phi) is 6.80. The maximum atomic E-state index is 12.9. The van der Waals surface area contributed by atoms with E-state index in [0.29, 0.717) is 31.2 Å². The Balaban J connectivity index is 1.61. The lowest BCUT2D eigenvalue weighted by atomic mass is 10.2. The molecule has 1 aliphatic rings. The van der Waals surface area contributed by atoms with E-state index in [1.807, 2.05) is 0 Å². The number of furan rings is 1. The number of hydrogen-bond donors (Lipinski definition) is 0. The lowest BCUT2D eigenvalue weighted by Crippen LogP contribution is -2.49. The Morgan fingerprint density at radius 3 is 2.93 bits per heavy atom. The topological polar surface area (TPSA) is 113 Å². The fourth-order valence-electron chi connectivity index (χ4n) is 2.76. The fraction of sp³-hybridized carbons (Fsp3) is 0.368. The highest BCUT2D eigenvalue weighted by Crippen LogP contribution is 2.15. The van der Waals surface area contributed by atoms with Crippen molar-refractivity contribution >= 4 is 17.6 Å². The van der Waals surface area contributed by atoms with Crippen LogP contribution in [-0.4, -0.2) is 74.1 Å². The van der Waals surface area contributed by atoms with Crippen molar-refractivity contribution in [1.82, 2.24) is 9.88 Å². The summed E-state index contributed by atoms with van der Waals surface area (Å²) in [7, 11) is 2.66. The zero-order valence-corrected chi connectivity index (χ0v) is 16.1. The van der Waals surface area contributed by atoms with E-state index in [0.717, 1.165) is 0 Å². The van der Waals surface area contributed by atoms with E-state index in [9.17, 15) is 9.59 Å². The molecule has 1 fully saturated rings. The molecular formula is C19H21N3O7. The van der Waals surface area contributed by atoms with Gasteiger partial charge in [-0.1, -0.05) is 5.16 Å². The van der Waals surface area contributed by atoms with Crippen LogP contribution in [0.2, 0.25) is 0 Å². The first-order chi connectivity index (χ1) is 14.1. The molecule has 3 rings (SSSR count). The van der Waals surface area contributed by atoms with Crippen LogP contribution in [0.5, 0.6) is 5.75 Å². The number of methoxy groups -OCH3 is 1. The number of hydrogen-bond acceptors (Lipinski definition) is 9. The molecule has 1 saturated heterocycles. The Labute approximate surface area is 167 Å². The van der Waals surface area contributed by atoms with Gasteiger partial charge in [0.1, 0.15) is 25.6 Å². The number of pyridine rings is 1. The smallest absolute Gasteiger partial charge is 0.339 e. The van der Waals surface area contributed by atoms with Gasteiger partial charge < -0.3 is 28.4 Å². The first kappa shape index (κ1) is 20.3. The van der Waals surface area contributed by atoms with Gasteiger partial charge in [-0.3, -0.25) is 9.78 Å². The van der Waals surface area contributed by atoms with Gasteiger partial charge in [0, 0.05) is 12.7 Å². The molecule has 10 heteroatoms. The highest BCUT2D eigenvalue weighted by atomic mass is 16.6. The predicted octanol–water partition coefficient (Wildman–Crippen LogP) is 1.12.